The first kappa shape index (κ1) is 19.6. The molecule has 0 bridgehead atoms. The summed E-state index contributed by atoms with van der Waals surface area (Å²) in [4.78, 5) is 35.6. The average molecular weight is 381 g/mol. The minimum absolute atomic E-state index is 0.0979. The summed E-state index contributed by atoms with van der Waals surface area (Å²) in [6.07, 6.45) is 2.26. The number of anilines is 1. The molecule has 146 valence electrons. The van der Waals surface area contributed by atoms with Crippen LogP contribution in [0.1, 0.15) is 41.8 Å². The van der Waals surface area contributed by atoms with Crippen molar-refractivity contribution in [1.29, 1.82) is 0 Å². The number of ketones is 1. The van der Waals surface area contributed by atoms with Gasteiger partial charge in [0.1, 0.15) is 5.75 Å². The van der Waals surface area contributed by atoms with E-state index in [4.69, 9.17) is 9.47 Å². The van der Waals surface area contributed by atoms with Gasteiger partial charge in [0.25, 0.3) is 5.91 Å². The fourth-order valence-electron chi connectivity index (χ4n) is 3.12. The molecular weight excluding hydrogens is 358 g/mol. The van der Waals surface area contributed by atoms with Gasteiger partial charge in [-0.05, 0) is 68.5 Å². The number of nitrogens with one attached hydrogen (secondary N) is 1. The summed E-state index contributed by atoms with van der Waals surface area (Å²) < 4.78 is 10.6. The van der Waals surface area contributed by atoms with Crippen molar-refractivity contribution in [2.24, 2.45) is 0 Å². The summed E-state index contributed by atoms with van der Waals surface area (Å²) in [5.41, 5.74) is 3.54. The normalized spacial score (nSPS) is 13.4. The van der Waals surface area contributed by atoms with Gasteiger partial charge in [0.2, 0.25) is 0 Å². The molecule has 6 nitrogen and oxygen atoms in total. The number of aryl methyl sites for hydroxylation is 2. The summed E-state index contributed by atoms with van der Waals surface area (Å²) in [7, 11) is 0. The molecule has 0 fully saturated rings. The third-order valence-corrected chi connectivity index (χ3v) is 4.64. The van der Waals surface area contributed by atoms with Gasteiger partial charge in [0.15, 0.2) is 18.5 Å². The van der Waals surface area contributed by atoms with Crippen LogP contribution in [0.5, 0.6) is 5.75 Å². The molecule has 1 aliphatic rings. The number of ether oxygens (including phenoxy) is 2. The minimum atomic E-state index is -0.989. The van der Waals surface area contributed by atoms with E-state index in [9.17, 15) is 14.4 Å². The molecule has 6 heteroatoms. The maximum atomic E-state index is 12.2. The van der Waals surface area contributed by atoms with Crippen molar-refractivity contribution in [3.8, 4) is 5.75 Å². The molecule has 0 spiro atoms. The van der Waals surface area contributed by atoms with Gasteiger partial charge in [-0.15, -0.1) is 0 Å². The number of rotatable bonds is 7. The number of carbonyl (C=O) groups excluding carboxylic acids is 3. The molecule has 0 radical (unpaired) electrons. The molecule has 1 N–H and O–H groups in total. The fraction of sp³-hybridized carbons (Fsp3) is 0.318. The third-order valence-electron chi connectivity index (χ3n) is 4.64. The molecule has 0 heterocycles. The summed E-state index contributed by atoms with van der Waals surface area (Å²) in [5.74, 6) is -0.581. The van der Waals surface area contributed by atoms with Gasteiger partial charge in [-0.3, -0.25) is 9.59 Å². The monoisotopic (exact) mass is 381 g/mol. The van der Waals surface area contributed by atoms with Crippen LogP contribution in [0, 0.1) is 0 Å². The maximum absolute atomic E-state index is 12.2. The van der Waals surface area contributed by atoms with Crippen molar-refractivity contribution in [2.45, 2.75) is 39.2 Å². The Labute approximate surface area is 163 Å². The predicted molar refractivity (Wildman–Crippen MR) is 105 cm³/mol. The summed E-state index contributed by atoms with van der Waals surface area (Å²) in [5, 5.41) is 2.64. The number of hydrogen-bond acceptors (Lipinski definition) is 5. The molecule has 0 saturated heterocycles. The number of benzene rings is 2. The van der Waals surface area contributed by atoms with Gasteiger partial charge >= 0.3 is 5.97 Å². The Morgan fingerprint density at radius 3 is 2.64 bits per heavy atom. The second-order valence-electron chi connectivity index (χ2n) is 6.83. The Hall–Kier alpha value is -3.15. The van der Waals surface area contributed by atoms with Crippen molar-refractivity contribution < 1.29 is 23.9 Å². The molecule has 28 heavy (non-hydrogen) atoms. The van der Waals surface area contributed by atoms with E-state index in [0.717, 1.165) is 19.3 Å². The van der Waals surface area contributed by atoms with Crippen LogP contribution in [-0.2, 0) is 27.2 Å². The molecule has 0 aliphatic heterocycles. The standard InChI is InChI=1S/C22H23NO5/c1-14(24)17-6-4-8-19(11-17)23-22(26)15(2)28-21(25)13-27-20-10-9-16-5-3-7-18(16)12-20/h4,6,8-12,15H,3,5,7,13H2,1-2H3,(H,23,26)/t15-/m0/s1. The van der Waals surface area contributed by atoms with Crippen LogP contribution in [0.2, 0.25) is 0 Å². The molecule has 1 atom stereocenters. The molecule has 1 aliphatic carbocycles. The molecule has 1 amide bonds. The van der Waals surface area contributed by atoms with Gasteiger partial charge in [-0.1, -0.05) is 18.2 Å². The zero-order chi connectivity index (χ0) is 20.1. The van der Waals surface area contributed by atoms with Crippen molar-refractivity contribution in [3.05, 3.63) is 59.2 Å². The van der Waals surface area contributed by atoms with Gasteiger partial charge in [0, 0.05) is 11.3 Å². The molecule has 0 saturated carbocycles. The largest absolute Gasteiger partial charge is 0.482 e. The van der Waals surface area contributed by atoms with Gasteiger partial charge in [-0.25, -0.2) is 4.79 Å². The highest BCUT2D eigenvalue weighted by Gasteiger charge is 2.19. The second-order valence-corrected chi connectivity index (χ2v) is 6.83. The maximum Gasteiger partial charge on any atom is 0.344 e. The van der Waals surface area contributed by atoms with Crippen LogP contribution in [0.3, 0.4) is 0 Å². The van der Waals surface area contributed by atoms with Crippen LogP contribution in [0.15, 0.2) is 42.5 Å². The predicted octanol–water partition coefficient (Wildman–Crippen LogP) is 3.33. The highest BCUT2D eigenvalue weighted by atomic mass is 16.6. The van der Waals surface area contributed by atoms with Gasteiger partial charge in [0.05, 0.1) is 0 Å². The van der Waals surface area contributed by atoms with Crippen LogP contribution in [0.4, 0.5) is 5.69 Å². The first-order valence-electron chi connectivity index (χ1n) is 9.28. The Kier molecular flexibility index (Phi) is 6.09. The van der Waals surface area contributed by atoms with Crippen LogP contribution >= 0.6 is 0 Å². The molecule has 0 unspecified atom stereocenters. The van der Waals surface area contributed by atoms with E-state index >= 15 is 0 Å². The Balaban J connectivity index is 1.48. The van der Waals surface area contributed by atoms with Crippen molar-refractivity contribution in [2.75, 3.05) is 11.9 Å². The smallest absolute Gasteiger partial charge is 0.344 e. The lowest BCUT2D eigenvalue weighted by Gasteiger charge is -2.14. The quantitative estimate of drug-likeness (QED) is 0.588. The Morgan fingerprint density at radius 2 is 1.86 bits per heavy atom. The van der Waals surface area contributed by atoms with E-state index in [1.165, 1.54) is 25.0 Å². The van der Waals surface area contributed by atoms with Crippen molar-refractivity contribution in [3.63, 3.8) is 0 Å². The van der Waals surface area contributed by atoms with Gasteiger partial charge < -0.3 is 14.8 Å². The lowest BCUT2D eigenvalue weighted by Crippen LogP contribution is -2.31. The topological polar surface area (TPSA) is 81.7 Å². The van der Waals surface area contributed by atoms with Crippen LogP contribution in [-0.4, -0.2) is 30.4 Å². The summed E-state index contributed by atoms with van der Waals surface area (Å²) in [6.45, 7) is 2.67. The van der Waals surface area contributed by atoms with E-state index < -0.39 is 18.0 Å². The molecule has 2 aromatic rings. The zero-order valence-corrected chi connectivity index (χ0v) is 16.0. The van der Waals surface area contributed by atoms with Crippen LogP contribution in [0.25, 0.3) is 0 Å². The Morgan fingerprint density at radius 1 is 1.07 bits per heavy atom. The van der Waals surface area contributed by atoms with Crippen LogP contribution < -0.4 is 10.1 Å². The van der Waals surface area contributed by atoms with Gasteiger partial charge in [-0.2, -0.15) is 0 Å². The first-order chi connectivity index (χ1) is 13.4. The lowest BCUT2D eigenvalue weighted by atomic mass is 10.1. The number of amides is 1. The number of Topliss-reactive ketones (excluding diaryl/α,β-unsaturated/α-hetero) is 1. The number of hydrogen-bond donors (Lipinski definition) is 1. The number of fused-ring (bicyclic) bond motifs is 1. The van der Waals surface area contributed by atoms with Crippen molar-refractivity contribution >= 4 is 23.3 Å². The zero-order valence-electron chi connectivity index (χ0n) is 16.0. The summed E-state index contributed by atoms with van der Waals surface area (Å²) in [6, 6.07) is 12.4. The highest BCUT2D eigenvalue weighted by Crippen LogP contribution is 2.26. The number of carbonyl (C=O) groups is 3. The molecule has 2 aromatic carbocycles. The molecular formula is C22H23NO5. The highest BCUT2D eigenvalue weighted by molar-refractivity contribution is 5.98. The summed E-state index contributed by atoms with van der Waals surface area (Å²) >= 11 is 0. The Bertz CT molecular complexity index is 906. The van der Waals surface area contributed by atoms with E-state index in [-0.39, 0.29) is 12.4 Å². The van der Waals surface area contributed by atoms with Crippen molar-refractivity contribution in [1.82, 2.24) is 0 Å². The van der Waals surface area contributed by atoms with E-state index in [2.05, 4.69) is 5.32 Å². The number of esters is 1. The van der Waals surface area contributed by atoms with E-state index in [1.54, 1.807) is 24.3 Å². The lowest BCUT2D eigenvalue weighted by molar-refractivity contribution is -0.155. The minimum Gasteiger partial charge on any atom is -0.482 e. The third kappa shape index (κ3) is 4.97. The fourth-order valence-corrected chi connectivity index (χ4v) is 3.12. The molecule has 0 aromatic heterocycles. The van der Waals surface area contributed by atoms with E-state index in [1.807, 2.05) is 18.2 Å². The molecule has 3 rings (SSSR count). The second kappa shape index (κ2) is 8.69. The SMILES string of the molecule is CC(=O)c1cccc(NC(=O)[C@H](C)OC(=O)COc2ccc3c(c2)CCC3)c1. The first-order valence-corrected chi connectivity index (χ1v) is 9.28. The van der Waals surface area contributed by atoms with E-state index in [0.29, 0.717) is 17.0 Å². The average Bonchev–Trinajstić information content (AvgIpc) is 3.14.